The van der Waals surface area contributed by atoms with Gasteiger partial charge in [-0.3, -0.25) is 19.6 Å². The van der Waals surface area contributed by atoms with E-state index in [1.165, 1.54) is 24.9 Å². The molecule has 10 nitrogen and oxygen atoms in total. The fraction of sp³-hybridized carbons (Fsp3) is 0.261. The quantitative estimate of drug-likeness (QED) is 0.189. The summed E-state index contributed by atoms with van der Waals surface area (Å²) in [5.74, 6) is 0.410. The zero-order valence-electron chi connectivity index (χ0n) is 19.7. The first kappa shape index (κ1) is 27.4. The van der Waals surface area contributed by atoms with Crippen LogP contribution >= 0.6 is 39.1 Å². The highest BCUT2D eigenvalue weighted by molar-refractivity contribution is 9.10. The third-order valence-electron chi connectivity index (χ3n) is 5.24. The third-order valence-corrected chi connectivity index (χ3v) is 6.42. The number of nitrogens with one attached hydrogen (secondary N) is 1. The van der Waals surface area contributed by atoms with E-state index in [0.717, 1.165) is 5.56 Å². The smallest absolute Gasteiger partial charge is 0.312 e. The van der Waals surface area contributed by atoms with E-state index in [-0.39, 0.29) is 23.7 Å². The molecule has 190 valence electrons. The number of carbonyl (C=O) groups excluding carboxylic acids is 1. The highest BCUT2D eigenvalue weighted by Crippen LogP contribution is 2.37. The number of rotatable bonds is 9. The van der Waals surface area contributed by atoms with Crippen molar-refractivity contribution in [2.24, 2.45) is 5.10 Å². The molecule has 1 heterocycles. The Hall–Kier alpha value is -3.15. The van der Waals surface area contributed by atoms with Gasteiger partial charge in [0, 0.05) is 15.6 Å². The maximum Gasteiger partial charge on any atom is 0.312 e. The number of carbonyl (C=O) groups is 1. The number of hydrazone groups is 1. The third kappa shape index (κ3) is 6.15. The van der Waals surface area contributed by atoms with Gasteiger partial charge < -0.3 is 9.47 Å². The predicted molar refractivity (Wildman–Crippen MR) is 140 cm³/mol. The molecule has 0 spiro atoms. The normalized spacial score (nSPS) is 12.0. The summed E-state index contributed by atoms with van der Waals surface area (Å²) in [5, 5.41) is 20.4. The lowest BCUT2D eigenvalue weighted by Gasteiger charge is -2.14. The number of hydrogen-bond donors (Lipinski definition) is 1. The topological polar surface area (TPSA) is 121 Å². The van der Waals surface area contributed by atoms with Crippen LogP contribution < -0.4 is 14.9 Å². The van der Waals surface area contributed by atoms with E-state index in [4.69, 9.17) is 32.7 Å². The maximum absolute atomic E-state index is 12.6. The minimum Gasteiger partial charge on any atom is -0.493 e. The van der Waals surface area contributed by atoms with Crippen molar-refractivity contribution in [2.45, 2.75) is 33.4 Å². The number of amides is 1. The molecular formula is C23H22BrCl2N5O5. The summed E-state index contributed by atoms with van der Waals surface area (Å²) < 4.78 is 13.3. The molecule has 2 aromatic carbocycles. The summed E-state index contributed by atoms with van der Waals surface area (Å²) in [4.78, 5) is 23.3. The van der Waals surface area contributed by atoms with Crippen LogP contribution in [0.3, 0.4) is 0 Å². The average molecular weight is 599 g/mol. The van der Waals surface area contributed by atoms with Gasteiger partial charge in [-0.1, -0.05) is 29.3 Å². The molecule has 1 atom stereocenters. The molecule has 0 bridgehead atoms. The molecule has 0 aliphatic rings. The van der Waals surface area contributed by atoms with E-state index in [9.17, 15) is 14.9 Å². The number of nitro groups is 1. The molecule has 0 aliphatic heterocycles. The van der Waals surface area contributed by atoms with E-state index in [2.05, 4.69) is 31.6 Å². The summed E-state index contributed by atoms with van der Waals surface area (Å²) in [6.07, 6.45) is 1.43. The van der Waals surface area contributed by atoms with E-state index >= 15 is 0 Å². The fourth-order valence-electron chi connectivity index (χ4n) is 3.41. The zero-order chi connectivity index (χ0) is 26.6. The van der Waals surface area contributed by atoms with Crippen molar-refractivity contribution in [3.63, 3.8) is 0 Å². The van der Waals surface area contributed by atoms with Crippen molar-refractivity contribution in [1.82, 2.24) is 15.2 Å². The van der Waals surface area contributed by atoms with Gasteiger partial charge >= 0.3 is 5.69 Å². The minimum atomic E-state index is -0.814. The van der Waals surface area contributed by atoms with Gasteiger partial charge in [0.25, 0.3) is 5.91 Å². The van der Waals surface area contributed by atoms with Crippen molar-refractivity contribution in [3.05, 3.63) is 77.5 Å². The first-order valence-corrected chi connectivity index (χ1v) is 12.1. The number of halogens is 3. The van der Waals surface area contributed by atoms with Crippen LogP contribution in [0.1, 0.15) is 35.5 Å². The van der Waals surface area contributed by atoms with Crippen LogP contribution in [0, 0.1) is 24.0 Å². The Morgan fingerprint density at radius 1 is 1.33 bits per heavy atom. The number of nitrogens with zero attached hydrogens (tertiary/aromatic N) is 4. The second kappa shape index (κ2) is 11.7. The summed E-state index contributed by atoms with van der Waals surface area (Å²) in [6, 6.07) is 7.76. The van der Waals surface area contributed by atoms with Gasteiger partial charge in [-0.05, 0) is 66.5 Å². The van der Waals surface area contributed by atoms with Gasteiger partial charge in [-0.2, -0.15) is 10.2 Å². The molecule has 13 heteroatoms. The first-order chi connectivity index (χ1) is 17.0. The van der Waals surface area contributed by atoms with Crippen LogP contribution in [-0.2, 0) is 11.4 Å². The molecule has 1 aromatic heterocycles. The Bertz CT molecular complexity index is 1340. The fourth-order valence-corrected chi connectivity index (χ4v) is 4.45. The summed E-state index contributed by atoms with van der Waals surface area (Å²) >= 11 is 15.6. The summed E-state index contributed by atoms with van der Waals surface area (Å²) in [5.41, 5.74) is 4.21. The SMILES string of the molecule is COc1cc(/C=N/NC(=O)C(C)n2nc(C)c([N+](=O)[O-])c2C)cc(Br)c1OCc1ccc(Cl)cc1Cl. The molecular weight excluding hydrogens is 577 g/mol. The number of methoxy groups -OCH3 is 1. The summed E-state index contributed by atoms with van der Waals surface area (Å²) in [7, 11) is 1.50. The van der Waals surface area contributed by atoms with Gasteiger partial charge in [-0.15, -0.1) is 0 Å². The van der Waals surface area contributed by atoms with Gasteiger partial charge in [0.05, 0.1) is 22.7 Å². The van der Waals surface area contributed by atoms with Crippen LogP contribution in [-0.4, -0.2) is 33.9 Å². The second-order valence-corrected chi connectivity index (χ2v) is 9.39. The van der Waals surface area contributed by atoms with E-state index < -0.39 is 16.9 Å². The summed E-state index contributed by atoms with van der Waals surface area (Å²) in [6.45, 7) is 4.83. The van der Waals surface area contributed by atoms with Crippen LogP contribution in [0.15, 0.2) is 39.9 Å². The Morgan fingerprint density at radius 3 is 2.67 bits per heavy atom. The average Bonchev–Trinajstić information content (AvgIpc) is 3.12. The molecule has 36 heavy (non-hydrogen) atoms. The van der Waals surface area contributed by atoms with Crippen LogP contribution in [0.5, 0.6) is 11.5 Å². The Kier molecular flexibility index (Phi) is 8.93. The van der Waals surface area contributed by atoms with Crippen molar-refractivity contribution in [1.29, 1.82) is 0 Å². The monoisotopic (exact) mass is 597 g/mol. The molecule has 3 aromatic rings. The molecule has 0 radical (unpaired) electrons. The number of aryl methyl sites for hydroxylation is 1. The number of benzene rings is 2. The van der Waals surface area contributed by atoms with E-state index in [1.54, 1.807) is 44.2 Å². The van der Waals surface area contributed by atoms with Crippen molar-refractivity contribution in [2.75, 3.05) is 7.11 Å². The number of hydrogen-bond acceptors (Lipinski definition) is 7. The lowest BCUT2D eigenvalue weighted by atomic mass is 10.2. The van der Waals surface area contributed by atoms with Gasteiger partial charge in [-0.25, -0.2) is 5.43 Å². The van der Waals surface area contributed by atoms with Crippen LogP contribution in [0.2, 0.25) is 10.0 Å². The highest BCUT2D eigenvalue weighted by Gasteiger charge is 2.27. The molecule has 1 unspecified atom stereocenters. The van der Waals surface area contributed by atoms with Crippen molar-refractivity contribution in [3.8, 4) is 11.5 Å². The van der Waals surface area contributed by atoms with Crippen molar-refractivity contribution >= 4 is 56.9 Å². The molecule has 1 N–H and O–H groups in total. The lowest BCUT2D eigenvalue weighted by molar-refractivity contribution is -0.386. The molecule has 0 fully saturated rings. The van der Waals surface area contributed by atoms with E-state index in [0.29, 0.717) is 31.6 Å². The zero-order valence-corrected chi connectivity index (χ0v) is 22.8. The Labute approximate surface area is 225 Å². The number of ether oxygens (including phenoxy) is 2. The number of aromatic nitrogens is 2. The standard InChI is InChI=1S/C23H22BrCl2N5O5/c1-12-21(31(33)34)13(2)30(29-12)14(3)23(32)28-27-10-15-7-18(24)22(20(8-15)35-4)36-11-16-5-6-17(25)9-19(16)26/h5-10,14H,11H2,1-4H3,(H,28,32)/b27-10+. The van der Waals surface area contributed by atoms with Crippen LogP contribution in [0.25, 0.3) is 0 Å². The van der Waals surface area contributed by atoms with Gasteiger partial charge in [0.2, 0.25) is 0 Å². The lowest BCUT2D eigenvalue weighted by Crippen LogP contribution is -2.28. The molecule has 1 amide bonds. The maximum atomic E-state index is 12.6. The predicted octanol–water partition coefficient (Wildman–Crippen LogP) is 5.78. The Balaban J connectivity index is 1.70. The van der Waals surface area contributed by atoms with Gasteiger partial charge in [0.15, 0.2) is 11.5 Å². The highest BCUT2D eigenvalue weighted by atomic mass is 79.9. The largest absolute Gasteiger partial charge is 0.493 e. The first-order valence-electron chi connectivity index (χ1n) is 10.5. The second-order valence-electron chi connectivity index (χ2n) is 7.69. The molecule has 3 rings (SSSR count). The van der Waals surface area contributed by atoms with Crippen molar-refractivity contribution < 1.29 is 19.2 Å². The van der Waals surface area contributed by atoms with Gasteiger partial charge in [0.1, 0.15) is 24.0 Å². The molecule has 0 aliphatic carbocycles. The van der Waals surface area contributed by atoms with Crippen LogP contribution in [0.4, 0.5) is 5.69 Å². The molecule has 0 saturated heterocycles. The Morgan fingerprint density at radius 2 is 2.06 bits per heavy atom. The minimum absolute atomic E-state index is 0.115. The van der Waals surface area contributed by atoms with E-state index in [1.807, 2.05) is 0 Å². The molecule has 0 saturated carbocycles.